The number of urea groups is 2. The van der Waals surface area contributed by atoms with Crippen molar-refractivity contribution in [3.63, 3.8) is 0 Å². The van der Waals surface area contributed by atoms with Crippen LogP contribution in [0.4, 0.5) is 9.59 Å². The van der Waals surface area contributed by atoms with Gasteiger partial charge in [0, 0.05) is 13.0 Å². The Balaban J connectivity index is 2.52. The number of aliphatic imine (C=N–C) groups is 1. The minimum absolute atomic E-state index is 0.0342. The van der Waals surface area contributed by atoms with Crippen molar-refractivity contribution < 1.29 is 19.6 Å². The molecule has 0 aromatic carbocycles. The maximum absolute atomic E-state index is 12.1. The maximum atomic E-state index is 12.1. The van der Waals surface area contributed by atoms with Crippen LogP contribution >= 0.6 is 0 Å². The third-order valence-corrected chi connectivity index (χ3v) is 2.89. The van der Waals surface area contributed by atoms with E-state index in [1.54, 1.807) is 0 Å². The lowest BCUT2D eigenvalue weighted by Gasteiger charge is -2.42. The van der Waals surface area contributed by atoms with Gasteiger partial charge in [-0.2, -0.15) is 10.1 Å². The Morgan fingerprint density at radius 2 is 2.00 bits per heavy atom. The Hall–Kier alpha value is -2.48. The SMILES string of the molecule is C=CCN1C(=O)C2=NC(=O)NC2(CC=C)N(O)C1=O. The molecule has 8 heteroatoms. The smallest absolute Gasteiger partial charge is 0.306 e. The molecule has 8 nitrogen and oxygen atoms in total. The van der Waals surface area contributed by atoms with Gasteiger partial charge in [0.2, 0.25) is 0 Å². The molecule has 19 heavy (non-hydrogen) atoms. The van der Waals surface area contributed by atoms with Crippen LogP contribution in [-0.2, 0) is 4.79 Å². The molecule has 0 spiro atoms. The quantitative estimate of drug-likeness (QED) is 0.561. The highest BCUT2D eigenvalue weighted by molar-refractivity contribution is 6.48. The molecule has 2 rings (SSSR count). The van der Waals surface area contributed by atoms with Gasteiger partial charge in [-0.15, -0.1) is 13.2 Å². The lowest BCUT2D eigenvalue weighted by Crippen LogP contribution is -2.72. The van der Waals surface area contributed by atoms with Crippen molar-refractivity contribution in [3.05, 3.63) is 25.3 Å². The number of imide groups is 1. The summed E-state index contributed by atoms with van der Waals surface area (Å²) in [5, 5.41) is 12.6. The molecule has 1 saturated heterocycles. The normalized spacial score (nSPS) is 25.9. The second kappa shape index (κ2) is 4.32. The van der Waals surface area contributed by atoms with Crippen LogP contribution in [0.5, 0.6) is 0 Å². The van der Waals surface area contributed by atoms with Gasteiger partial charge in [-0.3, -0.25) is 14.9 Å². The Bertz CT molecular complexity index is 527. The number of carbonyl (C=O) groups excluding carboxylic acids is 3. The van der Waals surface area contributed by atoms with Crippen LogP contribution in [0.1, 0.15) is 6.42 Å². The lowest BCUT2D eigenvalue weighted by atomic mass is 9.96. The Morgan fingerprint density at radius 1 is 1.32 bits per heavy atom. The zero-order chi connectivity index (χ0) is 14.2. The summed E-state index contributed by atoms with van der Waals surface area (Å²) in [5.74, 6) is -0.740. The molecule has 1 fully saturated rings. The molecule has 0 aliphatic carbocycles. The minimum atomic E-state index is -1.66. The number of hydroxylamine groups is 2. The van der Waals surface area contributed by atoms with Crippen molar-refractivity contribution in [2.45, 2.75) is 12.1 Å². The number of fused-ring (bicyclic) bond motifs is 1. The fraction of sp³-hybridized carbons (Fsp3) is 0.273. The first kappa shape index (κ1) is 13.0. The largest absolute Gasteiger partial charge is 0.353 e. The van der Waals surface area contributed by atoms with Gasteiger partial charge in [-0.25, -0.2) is 9.59 Å². The van der Waals surface area contributed by atoms with Crippen LogP contribution in [0.2, 0.25) is 0 Å². The van der Waals surface area contributed by atoms with Gasteiger partial charge < -0.3 is 5.32 Å². The topological polar surface area (TPSA) is 102 Å². The van der Waals surface area contributed by atoms with E-state index < -0.39 is 23.6 Å². The van der Waals surface area contributed by atoms with Crippen molar-refractivity contribution in [3.8, 4) is 0 Å². The third-order valence-electron chi connectivity index (χ3n) is 2.89. The van der Waals surface area contributed by atoms with E-state index in [2.05, 4.69) is 23.5 Å². The highest BCUT2D eigenvalue weighted by Crippen LogP contribution is 2.29. The summed E-state index contributed by atoms with van der Waals surface area (Å²) < 4.78 is 0. The van der Waals surface area contributed by atoms with Crippen molar-refractivity contribution >= 4 is 23.7 Å². The van der Waals surface area contributed by atoms with Gasteiger partial charge in [0.15, 0.2) is 11.4 Å². The zero-order valence-electron chi connectivity index (χ0n) is 10.00. The van der Waals surface area contributed by atoms with E-state index in [0.29, 0.717) is 5.06 Å². The summed E-state index contributed by atoms with van der Waals surface area (Å²) in [5.41, 5.74) is -1.90. The van der Waals surface area contributed by atoms with Gasteiger partial charge in [0.1, 0.15) is 0 Å². The van der Waals surface area contributed by atoms with Crippen molar-refractivity contribution in [2.24, 2.45) is 4.99 Å². The molecule has 1 unspecified atom stereocenters. The Morgan fingerprint density at radius 3 is 2.58 bits per heavy atom. The first-order valence-electron chi connectivity index (χ1n) is 5.46. The molecule has 0 bridgehead atoms. The van der Waals surface area contributed by atoms with Crippen LogP contribution in [0, 0.1) is 0 Å². The first-order chi connectivity index (χ1) is 8.97. The molecule has 2 heterocycles. The minimum Gasteiger partial charge on any atom is -0.306 e. The highest BCUT2D eigenvalue weighted by Gasteiger charge is 2.58. The van der Waals surface area contributed by atoms with Crippen LogP contribution in [0.15, 0.2) is 30.3 Å². The second-order valence-corrected chi connectivity index (χ2v) is 4.04. The maximum Gasteiger partial charge on any atom is 0.353 e. The third kappa shape index (κ3) is 1.65. The Labute approximate surface area is 108 Å². The summed E-state index contributed by atoms with van der Waals surface area (Å²) in [6.07, 6.45) is 2.66. The van der Waals surface area contributed by atoms with Crippen molar-refractivity contribution in [2.75, 3.05) is 6.54 Å². The number of nitrogens with one attached hydrogen (secondary N) is 1. The fourth-order valence-corrected chi connectivity index (χ4v) is 2.06. The van der Waals surface area contributed by atoms with Gasteiger partial charge in [-0.1, -0.05) is 12.2 Å². The summed E-state index contributed by atoms with van der Waals surface area (Å²) in [6, 6.07) is -1.74. The molecular formula is C11H12N4O4. The van der Waals surface area contributed by atoms with Crippen molar-refractivity contribution in [1.29, 1.82) is 0 Å². The molecule has 1 atom stereocenters. The van der Waals surface area contributed by atoms with Crippen LogP contribution in [-0.4, -0.2) is 51.1 Å². The molecule has 0 radical (unpaired) electrons. The zero-order valence-corrected chi connectivity index (χ0v) is 10.00. The van der Waals surface area contributed by atoms with E-state index in [1.165, 1.54) is 12.2 Å². The van der Waals surface area contributed by atoms with Crippen molar-refractivity contribution in [1.82, 2.24) is 15.3 Å². The van der Waals surface area contributed by atoms with E-state index in [-0.39, 0.29) is 18.7 Å². The van der Waals surface area contributed by atoms with Gasteiger partial charge >= 0.3 is 12.1 Å². The van der Waals surface area contributed by atoms with Crippen LogP contribution in [0.3, 0.4) is 0 Å². The van der Waals surface area contributed by atoms with Crippen LogP contribution < -0.4 is 5.32 Å². The number of carbonyl (C=O) groups is 3. The monoisotopic (exact) mass is 264 g/mol. The predicted molar refractivity (Wildman–Crippen MR) is 64.4 cm³/mol. The number of rotatable bonds is 4. The molecule has 0 aromatic rings. The fourth-order valence-electron chi connectivity index (χ4n) is 2.06. The average Bonchev–Trinajstić information content (AvgIpc) is 2.71. The second-order valence-electron chi connectivity index (χ2n) is 4.04. The molecule has 0 saturated carbocycles. The standard InChI is InChI=1S/C11H12N4O4/c1-3-5-11-7(12-9(17)13-11)8(16)14(6-4-2)10(18)15(11)19/h3-4,19H,1-2,5-6H2,(H,13,17). The molecule has 2 N–H and O–H groups in total. The first-order valence-corrected chi connectivity index (χ1v) is 5.46. The molecule has 2 aliphatic heterocycles. The van der Waals surface area contributed by atoms with E-state index in [4.69, 9.17) is 0 Å². The summed E-state index contributed by atoms with van der Waals surface area (Å²) in [6.45, 7) is 6.81. The van der Waals surface area contributed by atoms with E-state index in [9.17, 15) is 19.6 Å². The molecule has 0 aromatic heterocycles. The Kier molecular flexibility index (Phi) is 2.95. The highest BCUT2D eigenvalue weighted by atomic mass is 16.5. The summed E-state index contributed by atoms with van der Waals surface area (Å²) in [4.78, 5) is 39.7. The lowest BCUT2D eigenvalue weighted by molar-refractivity contribution is -0.144. The summed E-state index contributed by atoms with van der Waals surface area (Å²) >= 11 is 0. The molecule has 5 amide bonds. The summed E-state index contributed by atoms with van der Waals surface area (Å²) in [7, 11) is 0. The van der Waals surface area contributed by atoms with Crippen LogP contribution in [0.25, 0.3) is 0 Å². The number of hydrogen-bond acceptors (Lipinski definition) is 4. The molecular weight excluding hydrogens is 252 g/mol. The number of hydrogen-bond donors (Lipinski definition) is 2. The molecule has 2 aliphatic rings. The predicted octanol–water partition coefficient (Wildman–Crippen LogP) is 0.262. The number of amides is 5. The van der Waals surface area contributed by atoms with Gasteiger partial charge in [-0.05, 0) is 0 Å². The average molecular weight is 264 g/mol. The number of nitrogens with zero attached hydrogens (tertiary/aromatic N) is 3. The van der Waals surface area contributed by atoms with Gasteiger partial charge in [0.25, 0.3) is 5.91 Å². The molecule has 100 valence electrons. The van der Waals surface area contributed by atoms with E-state index in [1.807, 2.05) is 0 Å². The van der Waals surface area contributed by atoms with Gasteiger partial charge in [0.05, 0.1) is 0 Å². The van der Waals surface area contributed by atoms with E-state index in [0.717, 1.165) is 4.90 Å². The van der Waals surface area contributed by atoms with E-state index >= 15 is 0 Å².